The van der Waals surface area contributed by atoms with E-state index in [0.29, 0.717) is 23.3 Å². The first kappa shape index (κ1) is 21.4. The molecule has 1 fully saturated rings. The molecule has 4 rings (SSSR count). The van der Waals surface area contributed by atoms with Crippen LogP contribution in [0.3, 0.4) is 0 Å². The Morgan fingerprint density at radius 2 is 1.94 bits per heavy atom. The van der Waals surface area contributed by atoms with Crippen molar-refractivity contribution >= 4 is 28.2 Å². The molecule has 1 aliphatic carbocycles. The van der Waals surface area contributed by atoms with Gasteiger partial charge >= 0.3 is 0 Å². The molecule has 0 saturated heterocycles. The zero-order valence-electron chi connectivity index (χ0n) is 18.1. The minimum absolute atomic E-state index is 0.0698. The van der Waals surface area contributed by atoms with Gasteiger partial charge in [0.25, 0.3) is 5.56 Å². The van der Waals surface area contributed by atoms with Crippen LogP contribution in [0, 0.1) is 0 Å². The molecule has 1 heterocycles. The van der Waals surface area contributed by atoms with Gasteiger partial charge in [-0.15, -0.1) is 0 Å². The van der Waals surface area contributed by atoms with Crippen molar-refractivity contribution in [2.45, 2.75) is 51.2 Å². The number of pyridine rings is 1. The third-order valence-corrected chi connectivity index (χ3v) is 6.49. The van der Waals surface area contributed by atoms with E-state index in [0.717, 1.165) is 29.5 Å². The Morgan fingerprint density at radius 3 is 2.65 bits per heavy atom. The molecule has 0 unspecified atom stereocenters. The fourth-order valence-corrected chi connectivity index (χ4v) is 4.72. The van der Waals surface area contributed by atoms with Gasteiger partial charge in [-0.1, -0.05) is 43.2 Å². The summed E-state index contributed by atoms with van der Waals surface area (Å²) < 4.78 is 5.35. The Morgan fingerprint density at radius 1 is 1.19 bits per heavy atom. The summed E-state index contributed by atoms with van der Waals surface area (Å²) >= 11 is 5.85. The van der Waals surface area contributed by atoms with Crippen LogP contribution in [-0.4, -0.2) is 28.1 Å². The number of rotatable bonds is 6. The molecule has 2 N–H and O–H groups in total. The van der Waals surface area contributed by atoms with E-state index in [1.54, 1.807) is 7.11 Å². The average molecular weight is 436 g/mol. The lowest BCUT2D eigenvalue weighted by atomic mass is 10.1. The van der Waals surface area contributed by atoms with E-state index in [9.17, 15) is 4.79 Å². The van der Waals surface area contributed by atoms with E-state index < -0.39 is 0 Å². The van der Waals surface area contributed by atoms with Crippen LogP contribution in [0.25, 0.3) is 10.9 Å². The van der Waals surface area contributed by atoms with E-state index in [1.165, 1.54) is 18.4 Å². The van der Waals surface area contributed by atoms with Crippen LogP contribution in [0.4, 0.5) is 0 Å². The number of hydrogen-bond acceptors (Lipinski definition) is 3. The van der Waals surface area contributed by atoms with Crippen LogP contribution in [0.5, 0.6) is 5.75 Å². The van der Waals surface area contributed by atoms with Crippen molar-refractivity contribution in [3.8, 4) is 5.75 Å². The number of aromatic nitrogens is 1. The largest absolute Gasteiger partial charge is 0.497 e. The molecule has 6 heteroatoms. The van der Waals surface area contributed by atoms with Crippen LogP contribution in [-0.2, 0) is 6.54 Å². The number of hydrogen-bond donors (Lipinski definition) is 2. The monoisotopic (exact) mass is 435 g/mol. The van der Waals surface area contributed by atoms with Crippen LogP contribution < -0.4 is 15.6 Å². The number of ether oxygens (including phenoxy) is 1. The van der Waals surface area contributed by atoms with Gasteiger partial charge in [0.05, 0.1) is 19.7 Å². The number of thiocarbonyl (C=S) groups is 1. The fraction of sp³-hybridized carbons (Fsp3) is 0.360. The Bertz CT molecular complexity index is 1110. The third-order valence-electron chi connectivity index (χ3n) is 6.13. The Balaban J connectivity index is 1.60. The highest BCUT2D eigenvalue weighted by Gasteiger charge is 2.26. The second-order valence-electron chi connectivity index (χ2n) is 8.22. The molecule has 3 aromatic rings. The summed E-state index contributed by atoms with van der Waals surface area (Å²) in [6, 6.07) is 18.4. The topological polar surface area (TPSA) is 57.4 Å². The summed E-state index contributed by atoms with van der Waals surface area (Å²) in [4.78, 5) is 18.0. The van der Waals surface area contributed by atoms with Crippen LogP contribution in [0.1, 0.15) is 49.8 Å². The molecule has 0 aliphatic heterocycles. The van der Waals surface area contributed by atoms with Gasteiger partial charge in [0.2, 0.25) is 0 Å². The molecule has 31 heavy (non-hydrogen) atoms. The normalized spacial score (nSPS) is 15.0. The highest BCUT2D eigenvalue weighted by atomic mass is 32.1. The quantitative estimate of drug-likeness (QED) is 0.539. The lowest BCUT2D eigenvalue weighted by Crippen LogP contribution is -2.46. The molecule has 1 aliphatic rings. The number of fused-ring (bicyclic) bond motifs is 1. The molecular weight excluding hydrogens is 406 g/mol. The number of H-pyrrole nitrogens is 1. The summed E-state index contributed by atoms with van der Waals surface area (Å²) in [6.45, 7) is 2.60. The Hall–Kier alpha value is -2.86. The maximum absolute atomic E-state index is 12.8. The minimum atomic E-state index is -0.0698. The Kier molecular flexibility index (Phi) is 6.56. The van der Waals surface area contributed by atoms with Crippen molar-refractivity contribution in [2.75, 3.05) is 7.11 Å². The molecule has 1 atom stereocenters. The van der Waals surface area contributed by atoms with E-state index >= 15 is 0 Å². The van der Waals surface area contributed by atoms with Gasteiger partial charge in [0.15, 0.2) is 5.11 Å². The standard InChI is InChI=1S/C25H29N3O2S/c1-17(18-8-4-3-5-9-18)26-25(31)28(21-10-6-7-11-21)16-20-14-19-15-22(30-2)12-13-23(19)27-24(20)29/h3-5,8-9,12-15,17,21H,6-7,10-11,16H2,1-2H3,(H,26,31)(H,27,29)/t17-/m0/s1. The summed E-state index contributed by atoms with van der Waals surface area (Å²) in [5.41, 5.74) is 2.64. The van der Waals surface area contributed by atoms with Crippen molar-refractivity contribution in [1.82, 2.24) is 15.2 Å². The smallest absolute Gasteiger partial charge is 0.253 e. The second-order valence-corrected chi connectivity index (χ2v) is 8.61. The van der Waals surface area contributed by atoms with E-state index in [-0.39, 0.29) is 11.6 Å². The van der Waals surface area contributed by atoms with Crippen molar-refractivity contribution in [1.29, 1.82) is 0 Å². The number of aromatic amines is 1. The van der Waals surface area contributed by atoms with Crippen LogP contribution in [0.15, 0.2) is 59.4 Å². The molecule has 0 amide bonds. The lowest BCUT2D eigenvalue weighted by Gasteiger charge is -2.33. The van der Waals surface area contributed by atoms with Crippen molar-refractivity contribution < 1.29 is 4.74 Å². The number of benzene rings is 2. The van der Waals surface area contributed by atoms with E-state index in [4.69, 9.17) is 17.0 Å². The van der Waals surface area contributed by atoms with Crippen molar-refractivity contribution in [3.05, 3.63) is 76.1 Å². The lowest BCUT2D eigenvalue weighted by molar-refractivity contribution is 0.300. The van der Waals surface area contributed by atoms with Crippen molar-refractivity contribution in [2.24, 2.45) is 0 Å². The zero-order valence-corrected chi connectivity index (χ0v) is 18.9. The minimum Gasteiger partial charge on any atom is -0.497 e. The van der Waals surface area contributed by atoms with Gasteiger partial charge < -0.3 is 19.9 Å². The number of nitrogens with one attached hydrogen (secondary N) is 2. The third kappa shape index (κ3) is 4.90. The molecule has 1 aromatic heterocycles. The fourth-order valence-electron chi connectivity index (χ4n) is 4.33. The van der Waals surface area contributed by atoms with Gasteiger partial charge in [0, 0.05) is 22.5 Å². The SMILES string of the molecule is COc1ccc2[nH]c(=O)c(CN(C(=S)N[C@@H](C)c3ccccc3)C3CCCC3)cc2c1. The first-order valence-electron chi connectivity index (χ1n) is 10.9. The van der Waals surface area contributed by atoms with Gasteiger partial charge in [-0.3, -0.25) is 4.79 Å². The maximum atomic E-state index is 12.8. The zero-order chi connectivity index (χ0) is 21.8. The van der Waals surface area contributed by atoms with Gasteiger partial charge in [-0.2, -0.15) is 0 Å². The summed E-state index contributed by atoms with van der Waals surface area (Å²) in [6.07, 6.45) is 4.59. The van der Waals surface area contributed by atoms with Crippen LogP contribution >= 0.6 is 12.2 Å². The van der Waals surface area contributed by atoms with Gasteiger partial charge in [0.1, 0.15) is 5.75 Å². The molecule has 162 valence electrons. The number of nitrogens with zero attached hydrogens (tertiary/aromatic N) is 1. The highest BCUT2D eigenvalue weighted by molar-refractivity contribution is 7.80. The molecule has 1 saturated carbocycles. The predicted octanol–water partition coefficient (Wildman–Crippen LogP) is 4.92. The van der Waals surface area contributed by atoms with E-state index in [1.807, 2.05) is 42.5 Å². The van der Waals surface area contributed by atoms with Crippen molar-refractivity contribution in [3.63, 3.8) is 0 Å². The highest BCUT2D eigenvalue weighted by Crippen LogP contribution is 2.26. The Labute approximate surface area is 188 Å². The first-order chi connectivity index (χ1) is 15.0. The van der Waals surface area contributed by atoms with Gasteiger partial charge in [-0.05, 0) is 61.8 Å². The molecule has 0 radical (unpaired) electrons. The second kappa shape index (κ2) is 9.52. The summed E-state index contributed by atoms with van der Waals surface area (Å²) in [5, 5.41) is 5.15. The van der Waals surface area contributed by atoms with Gasteiger partial charge in [-0.25, -0.2) is 0 Å². The van der Waals surface area contributed by atoms with E-state index in [2.05, 4.69) is 34.3 Å². The molecule has 0 bridgehead atoms. The molecule has 2 aromatic carbocycles. The number of methoxy groups -OCH3 is 1. The molecular formula is C25H29N3O2S. The van der Waals surface area contributed by atoms with Crippen LogP contribution in [0.2, 0.25) is 0 Å². The summed E-state index contributed by atoms with van der Waals surface area (Å²) in [7, 11) is 1.65. The molecule has 0 spiro atoms. The average Bonchev–Trinajstić information content (AvgIpc) is 3.32. The maximum Gasteiger partial charge on any atom is 0.253 e. The summed E-state index contributed by atoms with van der Waals surface area (Å²) in [5.74, 6) is 0.770. The first-order valence-corrected chi connectivity index (χ1v) is 11.3. The molecule has 5 nitrogen and oxygen atoms in total. The predicted molar refractivity (Wildman–Crippen MR) is 130 cm³/mol.